The normalized spacial score (nSPS) is 27.3. The van der Waals surface area contributed by atoms with Crippen LogP contribution in [0.4, 0.5) is 0 Å². The maximum Gasteiger partial charge on any atom is 0.231 e. The highest BCUT2D eigenvalue weighted by atomic mass is 16.8. The summed E-state index contributed by atoms with van der Waals surface area (Å²) < 4.78 is 45.2. The van der Waals surface area contributed by atoms with Crippen LogP contribution in [0.5, 0.6) is 5.75 Å². The molecule has 0 bridgehead atoms. The zero-order valence-corrected chi connectivity index (χ0v) is 23.8. The van der Waals surface area contributed by atoms with Crippen LogP contribution in [0.25, 0.3) is 0 Å². The van der Waals surface area contributed by atoms with E-state index in [1.54, 1.807) is 0 Å². The van der Waals surface area contributed by atoms with E-state index in [0.29, 0.717) is 33.0 Å². The van der Waals surface area contributed by atoms with Crippen LogP contribution in [0, 0.1) is 6.92 Å². The van der Waals surface area contributed by atoms with Crippen LogP contribution in [0.2, 0.25) is 0 Å². The average molecular weight is 523 g/mol. The van der Waals surface area contributed by atoms with Crippen molar-refractivity contribution < 1.29 is 33.2 Å². The Balaban J connectivity index is 2.04. The molecule has 1 saturated heterocycles. The fraction of sp³-hybridized carbons (Fsp3) is 0.800. The summed E-state index contributed by atoms with van der Waals surface area (Å²) in [5.41, 5.74) is 1.94. The lowest BCUT2D eigenvalue weighted by atomic mass is 9.86. The van der Waals surface area contributed by atoms with Crippen LogP contribution in [-0.2, 0) is 34.2 Å². The molecular weight excluding hydrogens is 472 g/mol. The van der Waals surface area contributed by atoms with Crippen molar-refractivity contribution in [2.24, 2.45) is 0 Å². The molecule has 1 aromatic rings. The summed E-state index contributed by atoms with van der Waals surface area (Å²) in [6, 6.07) is 6.12. The molecule has 7 nitrogen and oxygen atoms in total. The Hall–Kier alpha value is -1.22. The molecule has 0 unspecified atom stereocenters. The summed E-state index contributed by atoms with van der Waals surface area (Å²) in [5, 5.41) is 0. The van der Waals surface area contributed by atoms with Crippen LogP contribution in [0.1, 0.15) is 90.2 Å². The number of hydrogen-bond acceptors (Lipinski definition) is 7. The van der Waals surface area contributed by atoms with E-state index in [-0.39, 0.29) is 25.1 Å². The largest absolute Gasteiger partial charge is 0.467 e. The highest BCUT2D eigenvalue weighted by molar-refractivity contribution is 5.42. The Labute approximate surface area is 224 Å². The zero-order valence-electron chi connectivity index (χ0n) is 23.8. The average Bonchev–Trinajstić information content (AvgIpc) is 2.90. The van der Waals surface area contributed by atoms with Gasteiger partial charge in [0.1, 0.15) is 30.2 Å². The Bertz CT molecular complexity index is 772. The number of unbranched alkanes of at least 4 members (excludes halogenated alkanes) is 4. The molecule has 0 radical (unpaired) electrons. The number of aryl methyl sites for hydroxylation is 1. The van der Waals surface area contributed by atoms with E-state index < -0.39 is 11.9 Å². The first-order chi connectivity index (χ1) is 18.1. The minimum Gasteiger partial charge on any atom is -0.467 e. The molecule has 37 heavy (non-hydrogen) atoms. The summed E-state index contributed by atoms with van der Waals surface area (Å²) in [6.45, 7) is 13.7. The number of hydrogen-bond donors (Lipinski definition) is 0. The predicted octanol–water partition coefficient (Wildman–Crippen LogP) is 6.29. The molecule has 0 aromatic heterocycles. The van der Waals surface area contributed by atoms with Gasteiger partial charge in [-0.1, -0.05) is 65.0 Å². The van der Waals surface area contributed by atoms with Gasteiger partial charge >= 0.3 is 0 Å². The molecule has 5 atom stereocenters. The molecule has 0 amide bonds. The molecule has 1 aromatic carbocycles. The zero-order chi connectivity index (χ0) is 26.5. The lowest BCUT2D eigenvalue weighted by Crippen LogP contribution is -2.67. The molecule has 2 aliphatic heterocycles. The fourth-order valence-corrected chi connectivity index (χ4v) is 4.84. The maximum absolute atomic E-state index is 6.94. The highest BCUT2D eigenvalue weighted by Crippen LogP contribution is 2.48. The molecule has 7 heteroatoms. The van der Waals surface area contributed by atoms with E-state index in [1.165, 1.54) is 0 Å². The monoisotopic (exact) mass is 522 g/mol. The van der Waals surface area contributed by atoms with Gasteiger partial charge in [0, 0.05) is 26.4 Å². The van der Waals surface area contributed by atoms with Crippen molar-refractivity contribution in [2.75, 3.05) is 39.8 Å². The van der Waals surface area contributed by atoms with Gasteiger partial charge in [0.15, 0.2) is 6.79 Å². The van der Waals surface area contributed by atoms with E-state index in [4.69, 9.17) is 33.2 Å². The quantitative estimate of drug-likeness (QED) is 0.223. The molecule has 212 valence electrons. The van der Waals surface area contributed by atoms with Crippen molar-refractivity contribution in [2.45, 2.75) is 116 Å². The van der Waals surface area contributed by atoms with E-state index in [1.807, 2.05) is 12.1 Å². The van der Waals surface area contributed by atoms with E-state index in [2.05, 4.69) is 40.7 Å². The second-order valence-electron chi connectivity index (χ2n) is 10.2. The van der Waals surface area contributed by atoms with E-state index >= 15 is 0 Å². The van der Waals surface area contributed by atoms with Crippen LogP contribution < -0.4 is 4.74 Å². The summed E-state index contributed by atoms with van der Waals surface area (Å²) in [7, 11) is 0. The number of fused-ring (bicyclic) bond motifs is 2. The van der Waals surface area contributed by atoms with E-state index in [9.17, 15) is 0 Å². The maximum atomic E-state index is 6.94. The summed E-state index contributed by atoms with van der Waals surface area (Å²) in [6.07, 6.45) is 6.50. The molecule has 1 spiro atoms. The lowest BCUT2D eigenvalue weighted by molar-refractivity contribution is -0.402. The van der Waals surface area contributed by atoms with E-state index in [0.717, 1.165) is 68.2 Å². The number of rotatable bonds is 17. The molecule has 3 rings (SSSR count). The first-order valence-electron chi connectivity index (χ1n) is 14.6. The number of benzene rings is 1. The SMILES string of the molecule is CCCCOC[C@H]1O[C@]2(OCOc3ccc(C)cc32)[C@H](OCCCC)[C@@H](OCCCC)[C@@H]1OCCCC. The van der Waals surface area contributed by atoms with Gasteiger partial charge in [0.2, 0.25) is 5.79 Å². The molecular formula is C30H50O7. The Morgan fingerprint density at radius 1 is 0.811 bits per heavy atom. The topological polar surface area (TPSA) is 64.6 Å². The summed E-state index contributed by atoms with van der Waals surface area (Å²) in [5.74, 6) is -0.419. The minimum atomic E-state index is -1.17. The van der Waals surface area contributed by atoms with Gasteiger partial charge in [0.25, 0.3) is 0 Å². The molecule has 0 N–H and O–H groups in total. The van der Waals surface area contributed by atoms with Gasteiger partial charge in [-0.15, -0.1) is 0 Å². The Kier molecular flexibility index (Phi) is 13.1. The second-order valence-corrected chi connectivity index (χ2v) is 10.2. The highest BCUT2D eigenvalue weighted by Gasteiger charge is 2.60. The lowest BCUT2D eigenvalue weighted by Gasteiger charge is -2.53. The Morgan fingerprint density at radius 3 is 2.11 bits per heavy atom. The summed E-state index contributed by atoms with van der Waals surface area (Å²) >= 11 is 0. The van der Waals surface area contributed by atoms with Crippen molar-refractivity contribution in [3.63, 3.8) is 0 Å². The van der Waals surface area contributed by atoms with Crippen molar-refractivity contribution in [3.8, 4) is 5.75 Å². The molecule has 0 aliphatic carbocycles. The van der Waals surface area contributed by atoms with Crippen molar-refractivity contribution >= 4 is 0 Å². The molecule has 2 aliphatic rings. The molecule has 1 fully saturated rings. The standard InChI is InChI=1S/C30H50O7/c1-6-10-16-31-21-26-27(32-17-11-7-2)28(33-18-12-8-3)29(34-19-13-9-4)30(37-26)24-20-23(5)14-15-25(24)35-22-36-30/h14-15,20,26-29H,6-13,16-19,21-22H2,1-5H3/t26-,27-,28+,29-,30+/m1/s1. The third kappa shape index (κ3) is 7.90. The van der Waals surface area contributed by atoms with Crippen LogP contribution in [0.3, 0.4) is 0 Å². The van der Waals surface area contributed by atoms with Gasteiger partial charge in [0.05, 0.1) is 12.2 Å². The first-order valence-corrected chi connectivity index (χ1v) is 14.6. The second kappa shape index (κ2) is 16.0. The van der Waals surface area contributed by atoms with Crippen molar-refractivity contribution in [1.82, 2.24) is 0 Å². The molecule has 0 saturated carbocycles. The van der Waals surface area contributed by atoms with Gasteiger partial charge in [-0.2, -0.15) is 0 Å². The van der Waals surface area contributed by atoms with Crippen LogP contribution in [0.15, 0.2) is 18.2 Å². The van der Waals surface area contributed by atoms with Gasteiger partial charge < -0.3 is 33.2 Å². The summed E-state index contributed by atoms with van der Waals surface area (Å²) in [4.78, 5) is 0. The van der Waals surface area contributed by atoms with Gasteiger partial charge in [-0.3, -0.25) is 0 Å². The predicted molar refractivity (Wildman–Crippen MR) is 144 cm³/mol. The third-order valence-electron chi connectivity index (χ3n) is 7.02. The number of ether oxygens (including phenoxy) is 7. The Morgan fingerprint density at radius 2 is 1.43 bits per heavy atom. The first kappa shape index (κ1) is 30.3. The minimum absolute atomic E-state index is 0.0795. The fourth-order valence-electron chi connectivity index (χ4n) is 4.84. The van der Waals surface area contributed by atoms with Gasteiger partial charge in [-0.05, 0) is 44.7 Å². The smallest absolute Gasteiger partial charge is 0.231 e. The van der Waals surface area contributed by atoms with Crippen molar-refractivity contribution in [3.05, 3.63) is 29.3 Å². The van der Waals surface area contributed by atoms with Crippen LogP contribution >= 0.6 is 0 Å². The van der Waals surface area contributed by atoms with Crippen molar-refractivity contribution in [1.29, 1.82) is 0 Å². The molecule has 2 heterocycles. The van der Waals surface area contributed by atoms with Gasteiger partial charge in [-0.25, -0.2) is 0 Å². The van der Waals surface area contributed by atoms with Crippen LogP contribution in [-0.4, -0.2) is 64.2 Å². The third-order valence-corrected chi connectivity index (χ3v) is 7.02.